The van der Waals surface area contributed by atoms with Gasteiger partial charge in [-0.15, -0.1) is 0 Å². The van der Waals surface area contributed by atoms with Gasteiger partial charge in [0.05, 0.1) is 0 Å². The number of fused-ring (bicyclic) bond motifs is 4. The highest BCUT2D eigenvalue weighted by Crippen LogP contribution is 2.50. The summed E-state index contributed by atoms with van der Waals surface area (Å²) in [4.78, 5) is 2.88. The SMILES string of the molecule is C1CCC2C(C1)NC1N3CCCC4CCCC(SN21)C43. The Labute approximate surface area is 127 Å². The maximum Gasteiger partial charge on any atom is 0.127 e. The molecular formula is C16H27N3S. The largest absolute Gasteiger partial charge is 0.284 e. The summed E-state index contributed by atoms with van der Waals surface area (Å²) >= 11 is 2.26. The van der Waals surface area contributed by atoms with E-state index in [1.165, 1.54) is 64.3 Å². The first-order chi connectivity index (χ1) is 9.92. The Morgan fingerprint density at radius 3 is 2.80 bits per heavy atom. The topological polar surface area (TPSA) is 18.5 Å². The lowest BCUT2D eigenvalue weighted by Crippen LogP contribution is -2.65. The van der Waals surface area contributed by atoms with Gasteiger partial charge in [-0.3, -0.25) is 10.2 Å². The molecule has 2 saturated carbocycles. The molecular weight excluding hydrogens is 266 g/mol. The van der Waals surface area contributed by atoms with Crippen LogP contribution in [0.5, 0.6) is 0 Å². The van der Waals surface area contributed by atoms with Crippen LogP contribution in [0.4, 0.5) is 0 Å². The van der Waals surface area contributed by atoms with Crippen molar-refractivity contribution in [2.75, 3.05) is 6.54 Å². The fourth-order valence-electron chi connectivity index (χ4n) is 5.70. The van der Waals surface area contributed by atoms with Crippen LogP contribution in [-0.4, -0.2) is 45.4 Å². The van der Waals surface area contributed by atoms with E-state index in [2.05, 4.69) is 26.5 Å². The minimum atomic E-state index is 0.565. The van der Waals surface area contributed by atoms with Crippen molar-refractivity contribution in [3.8, 4) is 0 Å². The van der Waals surface area contributed by atoms with Gasteiger partial charge in [-0.05, 0) is 44.4 Å². The summed E-state index contributed by atoms with van der Waals surface area (Å²) < 4.78 is 2.80. The molecule has 3 aliphatic heterocycles. The zero-order valence-electron chi connectivity index (χ0n) is 12.3. The quantitative estimate of drug-likeness (QED) is 0.692. The first-order valence-corrected chi connectivity index (χ1v) is 9.72. The molecule has 6 atom stereocenters. The van der Waals surface area contributed by atoms with Gasteiger partial charge in [-0.2, -0.15) is 0 Å². The second kappa shape index (κ2) is 4.87. The van der Waals surface area contributed by atoms with E-state index in [1.54, 1.807) is 0 Å². The molecule has 0 radical (unpaired) electrons. The second-order valence-corrected chi connectivity index (χ2v) is 8.80. The molecule has 5 aliphatic rings. The Kier molecular flexibility index (Phi) is 3.10. The summed E-state index contributed by atoms with van der Waals surface area (Å²) in [6, 6.07) is 2.49. The predicted molar refractivity (Wildman–Crippen MR) is 83.3 cm³/mol. The van der Waals surface area contributed by atoms with Crippen molar-refractivity contribution < 1.29 is 0 Å². The lowest BCUT2D eigenvalue weighted by molar-refractivity contribution is -0.0231. The van der Waals surface area contributed by atoms with Crippen LogP contribution < -0.4 is 5.32 Å². The maximum atomic E-state index is 4.01. The smallest absolute Gasteiger partial charge is 0.127 e. The predicted octanol–water partition coefficient (Wildman–Crippen LogP) is 2.78. The summed E-state index contributed by atoms with van der Waals surface area (Å²) in [5.74, 6) is 1.00. The molecule has 3 heterocycles. The Morgan fingerprint density at radius 2 is 1.80 bits per heavy atom. The molecule has 5 fully saturated rings. The molecule has 2 aliphatic carbocycles. The molecule has 0 aromatic carbocycles. The Bertz CT molecular complexity index is 388. The molecule has 5 rings (SSSR count). The van der Waals surface area contributed by atoms with Gasteiger partial charge in [-0.1, -0.05) is 31.2 Å². The average molecular weight is 293 g/mol. The maximum absolute atomic E-state index is 4.01. The highest BCUT2D eigenvalue weighted by molar-refractivity contribution is 7.97. The van der Waals surface area contributed by atoms with Crippen molar-refractivity contribution in [2.45, 2.75) is 87.5 Å². The molecule has 112 valence electrons. The van der Waals surface area contributed by atoms with Gasteiger partial charge in [0.15, 0.2) is 0 Å². The number of nitrogens with one attached hydrogen (secondary N) is 1. The molecule has 0 aromatic rings. The van der Waals surface area contributed by atoms with Gasteiger partial charge in [0.1, 0.15) is 6.29 Å². The van der Waals surface area contributed by atoms with Crippen LogP contribution >= 0.6 is 11.9 Å². The van der Waals surface area contributed by atoms with Crippen LogP contribution in [0.25, 0.3) is 0 Å². The van der Waals surface area contributed by atoms with Crippen molar-refractivity contribution in [3.63, 3.8) is 0 Å². The fraction of sp³-hybridized carbons (Fsp3) is 1.00. The minimum absolute atomic E-state index is 0.565. The number of hydrogen-bond donors (Lipinski definition) is 1. The standard InChI is InChI=1S/C16H27N3S/c1-2-8-13-12(7-1)17-16-18-10-4-6-11-5-3-9-14(15(11)18)20-19(13)16/h11-17H,1-10H2. The molecule has 3 saturated heterocycles. The number of hydrogen-bond acceptors (Lipinski definition) is 4. The van der Waals surface area contributed by atoms with Crippen LogP contribution in [0.1, 0.15) is 57.8 Å². The van der Waals surface area contributed by atoms with Gasteiger partial charge in [0.25, 0.3) is 0 Å². The van der Waals surface area contributed by atoms with Gasteiger partial charge in [-0.25, -0.2) is 4.31 Å². The highest BCUT2D eigenvalue weighted by atomic mass is 32.2. The Hall–Kier alpha value is 0.230. The fourth-order valence-corrected chi connectivity index (χ4v) is 7.50. The monoisotopic (exact) mass is 293 g/mol. The van der Waals surface area contributed by atoms with Crippen molar-refractivity contribution in [2.24, 2.45) is 5.92 Å². The van der Waals surface area contributed by atoms with Gasteiger partial charge in [0, 0.05) is 29.9 Å². The molecule has 6 unspecified atom stereocenters. The third-order valence-corrected chi connectivity index (χ3v) is 8.03. The van der Waals surface area contributed by atoms with E-state index in [0.717, 1.165) is 29.3 Å². The third kappa shape index (κ3) is 1.77. The molecule has 0 spiro atoms. The van der Waals surface area contributed by atoms with Crippen LogP contribution in [0.15, 0.2) is 0 Å². The number of piperidine rings is 1. The lowest BCUT2D eigenvalue weighted by Gasteiger charge is -2.56. The Balaban J connectivity index is 1.46. The molecule has 4 heteroatoms. The molecule has 1 N–H and O–H groups in total. The average Bonchev–Trinajstić information content (AvgIpc) is 2.87. The second-order valence-electron chi connectivity index (χ2n) is 7.56. The van der Waals surface area contributed by atoms with Gasteiger partial charge in [0.2, 0.25) is 0 Å². The van der Waals surface area contributed by atoms with Crippen LogP contribution in [0, 0.1) is 5.92 Å². The van der Waals surface area contributed by atoms with Crippen molar-refractivity contribution in [1.29, 1.82) is 0 Å². The normalized spacial score (nSPS) is 52.2. The first kappa shape index (κ1) is 12.7. The summed E-state index contributed by atoms with van der Waals surface area (Å²) in [7, 11) is 0. The Morgan fingerprint density at radius 1 is 0.900 bits per heavy atom. The molecule has 0 aromatic heterocycles. The summed E-state index contributed by atoms with van der Waals surface area (Å²) in [6.07, 6.45) is 13.7. The molecule has 0 bridgehead atoms. The van der Waals surface area contributed by atoms with E-state index < -0.39 is 0 Å². The zero-order chi connectivity index (χ0) is 13.1. The van der Waals surface area contributed by atoms with E-state index in [9.17, 15) is 0 Å². The first-order valence-electron chi connectivity index (χ1n) is 8.89. The van der Waals surface area contributed by atoms with Gasteiger partial charge < -0.3 is 0 Å². The van der Waals surface area contributed by atoms with E-state index in [4.69, 9.17) is 0 Å². The van der Waals surface area contributed by atoms with E-state index >= 15 is 0 Å². The van der Waals surface area contributed by atoms with Crippen molar-refractivity contribution in [1.82, 2.24) is 14.5 Å². The molecule has 20 heavy (non-hydrogen) atoms. The lowest BCUT2D eigenvalue weighted by atomic mass is 9.78. The number of rotatable bonds is 0. The van der Waals surface area contributed by atoms with Crippen molar-refractivity contribution in [3.05, 3.63) is 0 Å². The van der Waals surface area contributed by atoms with Crippen LogP contribution in [0.2, 0.25) is 0 Å². The third-order valence-electron chi connectivity index (χ3n) is 6.53. The summed E-state index contributed by atoms with van der Waals surface area (Å²) in [5, 5.41) is 4.91. The number of nitrogens with zero attached hydrogens (tertiary/aromatic N) is 2. The van der Waals surface area contributed by atoms with E-state index in [0.29, 0.717) is 6.29 Å². The summed E-state index contributed by atoms with van der Waals surface area (Å²) in [6.45, 7) is 1.34. The zero-order valence-corrected chi connectivity index (χ0v) is 13.2. The van der Waals surface area contributed by atoms with Crippen LogP contribution in [-0.2, 0) is 0 Å². The summed E-state index contributed by atoms with van der Waals surface area (Å²) in [5.41, 5.74) is 0. The highest BCUT2D eigenvalue weighted by Gasteiger charge is 2.54. The van der Waals surface area contributed by atoms with E-state index in [-0.39, 0.29) is 0 Å². The van der Waals surface area contributed by atoms with Gasteiger partial charge >= 0.3 is 0 Å². The van der Waals surface area contributed by atoms with Crippen molar-refractivity contribution >= 4 is 11.9 Å². The van der Waals surface area contributed by atoms with Crippen LogP contribution in [0.3, 0.4) is 0 Å². The van der Waals surface area contributed by atoms with E-state index in [1.807, 2.05) is 0 Å². The molecule has 0 amide bonds. The minimum Gasteiger partial charge on any atom is -0.284 e. The molecule has 3 nitrogen and oxygen atoms in total.